The van der Waals surface area contributed by atoms with Crippen molar-refractivity contribution >= 4 is 11.9 Å². The van der Waals surface area contributed by atoms with E-state index in [1.165, 1.54) is 283 Å². The number of nitrogens with one attached hydrogen (secondary N) is 1. The molecular weight excluding hydrogens is 899 g/mol. The smallest absolute Gasteiger partial charge is 0.305 e. The van der Waals surface area contributed by atoms with Gasteiger partial charge in [-0.15, -0.1) is 0 Å². The third kappa shape index (κ3) is 59.2. The predicted octanol–water partition coefficient (Wildman–Crippen LogP) is 20.8. The first-order valence-electron chi connectivity index (χ1n) is 32.8. The summed E-state index contributed by atoms with van der Waals surface area (Å²) in [7, 11) is 0. The molecule has 0 radical (unpaired) electrons. The van der Waals surface area contributed by atoms with Crippen LogP contribution < -0.4 is 5.32 Å². The van der Waals surface area contributed by atoms with Gasteiger partial charge in [0, 0.05) is 12.8 Å². The van der Waals surface area contributed by atoms with Gasteiger partial charge >= 0.3 is 5.97 Å². The SMILES string of the molecule is CCCCCCCC/C=C\CCCCCCCC(=O)OCCCCCCCCCCCCCC/C=C\CCCCCCCCCCCCCCCCCCC(=O)NC(CO)C(O)/C=C/CCCCCCCCC. The molecule has 0 fully saturated rings. The number of hydrogen-bond acceptors (Lipinski definition) is 5. The van der Waals surface area contributed by atoms with Gasteiger partial charge in [-0.05, 0) is 83.5 Å². The molecule has 0 aliphatic carbocycles. The maximum Gasteiger partial charge on any atom is 0.305 e. The van der Waals surface area contributed by atoms with Crippen LogP contribution in [0.15, 0.2) is 36.5 Å². The number of allylic oxidation sites excluding steroid dienone is 5. The number of rotatable bonds is 61. The first-order valence-corrected chi connectivity index (χ1v) is 32.8. The summed E-state index contributed by atoms with van der Waals surface area (Å²) in [4.78, 5) is 24.5. The van der Waals surface area contributed by atoms with E-state index in [0.29, 0.717) is 19.4 Å². The van der Waals surface area contributed by atoms with Crippen molar-refractivity contribution in [1.29, 1.82) is 0 Å². The first kappa shape index (κ1) is 71.1. The number of ether oxygens (including phenoxy) is 1. The highest BCUT2D eigenvalue weighted by Gasteiger charge is 2.18. The molecular formula is C67H127NO5. The van der Waals surface area contributed by atoms with E-state index < -0.39 is 12.1 Å². The third-order valence-corrected chi connectivity index (χ3v) is 15.1. The van der Waals surface area contributed by atoms with Gasteiger partial charge in [0.05, 0.1) is 25.4 Å². The van der Waals surface area contributed by atoms with Crippen LogP contribution in [0.5, 0.6) is 0 Å². The van der Waals surface area contributed by atoms with E-state index >= 15 is 0 Å². The molecule has 1 amide bonds. The lowest BCUT2D eigenvalue weighted by Crippen LogP contribution is -2.45. The van der Waals surface area contributed by atoms with Crippen molar-refractivity contribution in [3.05, 3.63) is 36.5 Å². The van der Waals surface area contributed by atoms with E-state index in [9.17, 15) is 19.8 Å². The summed E-state index contributed by atoms with van der Waals surface area (Å²) < 4.78 is 5.49. The lowest BCUT2D eigenvalue weighted by Gasteiger charge is -2.20. The largest absolute Gasteiger partial charge is 0.466 e. The summed E-state index contributed by atoms with van der Waals surface area (Å²) in [5.74, 6) is -0.0574. The summed E-state index contributed by atoms with van der Waals surface area (Å²) in [6.45, 7) is 4.88. The Bertz CT molecular complexity index is 1180. The third-order valence-electron chi connectivity index (χ3n) is 15.1. The Labute approximate surface area is 455 Å². The molecule has 3 N–H and O–H groups in total. The average Bonchev–Trinajstić information content (AvgIpc) is 3.39. The fourth-order valence-corrected chi connectivity index (χ4v) is 10.1. The number of aliphatic hydroxyl groups excluding tert-OH is 2. The molecule has 0 rings (SSSR count). The molecule has 0 aliphatic rings. The van der Waals surface area contributed by atoms with Gasteiger partial charge in [0.2, 0.25) is 5.91 Å². The summed E-state index contributed by atoms with van der Waals surface area (Å²) in [5, 5.41) is 23.0. The summed E-state index contributed by atoms with van der Waals surface area (Å²) in [6, 6.07) is -0.623. The van der Waals surface area contributed by atoms with Gasteiger partial charge in [0.1, 0.15) is 0 Å². The summed E-state index contributed by atoms with van der Waals surface area (Å²) in [6.07, 6.45) is 79.4. The monoisotopic (exact) mass is 1030 g/mol. The van der Waals surface area contributed by atoms with Crippen LogP contribution in [0.3, 0.4) is 0 Å². The van der Waals surface area contributed by atoms with Crippen LogP contribution in [-0.4, -0.2) is 47.4 Å². The van der Waals surface area contributed by atoms with Crippen molar-refractivity contribution in [3.8, 4) is 0 Å². The predicted molar refractivity (Wildman–Crippen MR) is 319 cm³/mol. The Morgan fingerprint density at radius 2 is 0.644 bits per heavy atom. The van der Waals surface area contributed by atoms with Crippen LogP contribution >= 0.6 is 0 Å². The second-order valence-electron chi connectivity index (χ2n) is 22.4. The number of carbonyl (C=O) groups is 2. The van der Waals surface area contributed by atoms with Crippen molar-refractivity contribution in [2.75, 3.05) is 13.2 Å². The Hall–Kier alpha value is -1.92. The van der Waals surface area contributed by atoms with Gasteiger partial charge in [0.15, 0.2) is 0 Å². The van der Waals surface area contributed by atoms with Crippen molar-refractivity contribution in [1.82, 2.24) is 5.32 Å². The zero-order valence-corrected chi connectivity index (χ0v) is 49.1. The zero-order valence-electron chi connectivity index (χ0n) is 49.1. The van der Waals surface area contributed by atoms with Crippen molar-refractivity contribution in [2.24, 2.45) is 0 Å². The van der Waals surface area contributed by atoms with Gasteiger partial charge in [-0.1, -0.05) is 294 Å². The van der Waals surface area contributed by atoms with E-state index in [2.05, 4.69) is 43.5 Å². The maximum atomic E-state index is 12.4. The van der Waals surface area contributed by atoms with Gasteiger partial charge in [-0.25, -0.2) is 0 Å². The molecule has 0 saturated carbocycles. The zero-order chi connectivity index (χ0) is 52.9. The molecule has 430 valence electrons. The van der Waals surface area contributed by atoms with Gasteiger partial charge in [-0.2, -0.15) is 0 Å². The summed E-state index contributed by atoms with van der Waals surface area (Å²) in [5.41, 5.74) is 0. The van der Waals surface area contributed by atoms with Crippen molar-refractivity contribution in [2.45, 2.75) is 366 Å². The summed E-state index contributed by atoms with van der Waals surface area (Å²) >= 11 is 0. The van der Waals surface area contributed by atoms with Crippen LogP contribution in [0, 0.1) is 0 Å². The standard InChI is InChI=1S/C67H127NO5/c1-3-5-7-9-11-13-14-15-34-38-41-45-49-53-57-61-67(72)73-62-58-54-50-46-42-39-36-33-31-29-27-25-23-21-19-17-16-18-20-22-24-26-28-30-32-35-37-40-44-48-52-56-60-66(71)68-64(63-69)65(70)59-55-51-47-43-12-10-8-6-4-2/h15,19,21,34,55,59,64-65,69-70H,3-14,16-18,20,22-33,35-54,56-58,60-63H2,1-2H3,(H,68,71)/b21-19-,34-15-,59-55+. The van der Waals surface area contributed by atoms with Crippen LogP contribution in [0.25, 0.3) is 0 Å². The normalized spacial score (nSPS) is 12.8. The minimum absolute atomic E-state index is 0.00996. The van der Waals surface area contributed by atoms with Crippen molar-refractivity contribution < 1.29 is 24.5 Å². The molecule has 2 unspecified atom stereocenters. The Morgan fingerprint density at radius 1 is 0.370 bits per heavy atom. The Morgan fingerprint density at radius 3 is 0.973 bits per heavy atom. The first-order chi connectivity index (χ1) is 36.0. The molecule has 0 aromatic heterocycles. The molecule has 73 heavy (non-hydrogen) atoms. The Balaban J connectivity index is 3.33. The van der Waals surface area contributed by atoms with Gasteiger partial charge < -0.3 is 20.3 Å². The van der Waals surface area contributed by atoms with Crippen LogP contribution in [0.4, 0.5) is 0 Å². The molecule has 6 heteroatoms. The minimum atomic E-state index is -0.840. The fourth-order valence-electron chi connectivity index (χ4n) is 10.1. The van der Waals surface area contributed by atoms with E-state index in [4.69, 9.17) is 4.74 Å². The molecule has 0 aliphatic heterocycles. The molecule has 0 spiro atoms. The highest BCUT2D eigenvalue weighted by Crippen LogP contribution is 2.17. The number of aliphatic hydroxyl groups is 2. The minimum Gasteiger partial charge on any atom is -0.466 e. The fraction of sp³-hybridized carbons (Fsp3) is 0.881. The molecule has 0 heterocycles. The highest BCUT2D eigenvalue weighted by atomic mass is 16.5. The molecule has 2 atom stereocenters. The number of unbranched alkanes of at least 4 members (excludes halogenated alkanes) is 46. The Kier molecular flexibility index (Phi) is 61.0. The highest BCUT2D eigenvalue weighted by molar-refractivity contribution is 5.76. The second-order valence-corrected chi connectivity index (χ2v) is 22.4. The van der Waals surface area contributed by atoms with E-state index in [0.717, 1.165) is 44.9 Å². The number of hydrogen-bond donors (Lipinski definition) is 3. The maximum absolute atomic E-state index is 12.4. The molecule has 0 bridgehead atoms. The van der Waals surface area contributed by atoms with Gasteiger partial charge in [0.25, 0.3) is 0 Å². The average molecular weight is 1030 g/mol. The molecule has 0 aromatic rings. The van der Waals surface area contributed by atoms with E-state index in [-0.39, 0.29) is 18.5 Å². The lowest BCUT2D eigenvalue weighted by molar-refractivity contribution is -0.143. The molecule has 6 nitrogen and oxygen atoms in total. The van der Waals surface area contributed by atoms with Crippen LogP contribution in [-0.2, 0) is 14.3 Å². The lowest BCUT2D eigenvalue weighted by atomic mass is 10.0. The number of carbonyl (C=O) groups excluding carboxylic acids is 2. The van der Waals surface area contributed by atoms with E-state index in [1.54, 1.807) is 6.08 Å². The quantitative estimate of drug-likeness (QED) is 0.0320. The molecule has 0 aromatic carbocycles. The van der Waals surface area contributed by atoms with Crippen molar-refractivity contribution in [3.63, 3.8) is 0 Å². The van der Waals surface area contributed by atoms with Crippen LogP contribution in [0.1, 0.15) is 354 Å². The van der Waals surface area contributed by atoms with E-state index in [1.807, 2.05) is 6.08 Å². The van der Waals surface area contributed by atoms with Gasteiger partial charge in [-0.3, -0.25) is 9.59 Å². The topological polar surface area (TPSA) is 95.9 Å². The van der Waals surface area contributed by atoms with Crippen LogP contribution in [0.2, 0.25) is 0 Å². The number of esters is 1. The molecule has 0 saturated heterocycles. The second kappa shape index (κ2) is 62.6. The number of amides is 1.